The lowest BCUT2D eigenvalue weighted by Crippen LogP contribution is -2.43. The van der Waals surface area contributed by atoms with Gasteiger partial charge in [0.15, 0.2) is 5.81 Å². The second-order valence-corrected chi connectivity index (χ2v) is 4.46. The van der Waals surface area contributed by atoms with Crippen molar-refractivity contribution in [1.82, 2.24) is 4.90 Å². The number of hydrogen-bond donors (Lipinski definition) is 0. The molecule has 1 saturated heterocycles. The molecule has 6 heteroatoms. The highest BCUT2D eigenvalue weighted by Crippen LogP contribution is 2.40. The maximum Gasteiger partial charge on any atom is 0.329 e. The normalized spacial score (nSPS) is 31.5. The average molecular weight is 235 g/mol. The monoisotopic (exact) mass is 235 g/mol. The van der Waals surface area contributed by atoms with Gasteiger partial charge in [-0.2, -0.15) is 0 Å². The van der Waals surface area contributed by atoms with Crippen molar-refractivity contribution >= 4 is 25.4 Å². The van der Waals surface area contributed by atoms with E-state index in [-0.39, 0.29) is 30.8 Å². The molecule has 1 saturated carbocycles. The summed E-state index contributed by atoms with van der Waals surface area (Å²) in [7, 11) is 5.24. The van der Waals surface area contributed by atoms with E-state index in [4.69, 9.17) is 12.6 Å². The van der Waals surface area contributed by atoms with E-state index in [1.807, 2.05) is 0 Å². The highest BCUT2D eigenvalue weighted by Gasteiger charge is 2.52. The lowest BCUT2D eigenvalue weighted by molar-refractivity contribution is -0.148. The van der Waals surface area contributed by atoms with Crippen molar-refractivity contribution < 1.29 is 19.1 Å². The van der Waals surface area contributed by atoms with Crippen molar-refractivity contribution in [3.8, 4) is 0 Å². The minimum atomic E-state index is -0.677. The Bertz CT molecular complexity index is 370. The van der Waals surface area contributed by atoms with Crippen LogP contribution in [0.25, 0.3) is 0 Å². The van der Waals surface area contributed by atoms with Crippen molar-refractivity contribution in [3.05, 3.63) is 0 Å². The van der Waals surface area contributed by atoms with Crippen LogP contribution in [0.1, 0.15) is 19.8 Å². The summed E-state index contributed by atoms with van der Waals surface area (Å²) in [6.45, 7) is 2.22. The molecule has 0 aromatic heterocycles. The fourth-order valence-corrected chi connectivity index (χ4v) is 2.86. The highest BCUT2D eigenvalue weighted by atomic mass is 16.5. The lowest BCUT2D eigenvalue weighted by atomic mass is 9.93. The first-order valence-electron chi connectivity index (χ1n) is 5.81. The van der Waals surface area contributed by atoms with E-state index in [9.17, 15) is 14.4 Å². The van der Waals surface area contributed by atoms with Crippen molar-refractivity contribution in [2.24, 2.45) is 11.8 Å². The number of Topliss-reactive ketones (excluding diaryl/α,β-unsaturated/α-hetero) is 1. The summed E-state index contributed by atoms with van der Waals surface area (Å²) in [5.74, 6) is -1.35. The van der Waals surface area contributed by atoms with Gasteiger partial charge in [-0.1, -0.05) is 0 Å². The van der Waals surface area contributed by atoms with Crippen LogP contribution in [0.2, 0.25) is 0 Å². The smallest absolute Gasteiger partial charge is 0.329 e. The summed E-state index contributed by atoms with van der Waals surface area (Å²) in [4.78, 5) is 36.0. The Labute approximate surface area is 101 Å². The minimum Gasteiger partial charge on any atom is -0.464 e. The molecule has 0 bridgehead atoms. The van der Waals surface area contributed by atoms with Crippen LogP contribution in [0.5, 0.6) is 0 Å². The average Bonchev–Trinajstić information content (AvgIpc) is 2.79. The number of fused-ring (bicyclic) bond motifs is 1. The Morgan fingerprint density at radius 2 is 2.24 bits per heavy atom. The Morgan fingerprint density at radius 3 is 2.82 bits per heavy atom. The third-order valence-electron chi connectivity index (χ3n) is 3.60. The van der Waals surface area contributed by atoms with Crippen molar-refractivity contribution in [2.45, 2.75) is 25.8 Å². The van der Waals surface area contributed by atoms with Crippen LogP contribution in [-0.2, 0) is 14.3 Å². The van der Waals surface area contributed by atoms with Crippen LogP contribution in [0.15, 0.2) is 0 Å². The largest absolute Gasteiger partial charge is 0.464 e. The van der Waals surface area contributed by atoms with Gasteiger partial charge >= 0.3 is 5.97 Å². The van der Waals surface area contributed by atoms with Gasteiger partial charge in [0.2, 0.25) is 7.85 Å². The SMILES string of the molecule is [B]C(=O)N1C[C@@H]2C(=O)CC[C@@H]2[C@H]1C(=O)OCC. The predicted octanol–water partition coefficient (Wildman–Crippen LogP) is 0.117. The molecule has 1 aliphatic carbocycles. The zero-order valence-electron chi connectivity index (χ0n) is 9.72. The molecule has 0 unspecified atom stereocenters. The van der Waals surface area contributed by atoms with E-state index >= 15 is 0 Å². The maximum atomic E-state index is 11.8. The molecule has 1 aliphatic heterocycles. The van der Waals surface area contributed by atoms with E-state index in [1.165, 1.54) is 4.90 Å². The first-order valence-corrected chi connectivity index (χ1v) is 5.81. The second-order valence-electron chi connectivity index (χ2n) is 4.46. The van der Waals surface area contributed by atoms with Crippen molar-refractivity contribution in [3.63, 3.8) is 0 Å². The topological polar surface area (TPSA) is 63.7 Å². The number of amides is 1. The molecule has 2 rings (SSSR count). The summed E-state index contributed by atoms with van der Waals surface area (Å²) >= 11 is 0. The molecule has 0 aromatic rings. The van der Waals surface area contributed by atoms with E-state index in [1.54, 1.807) is 6.92 Å². The van der Waals surface area contributed by atoms with Gasteiger partial charge in [-0.15, -0.1) is 0 Å². The minimum absolute atomic E-state index is 0.117. The zero-order valence-corrected chi connectivity index (χ0v) is 9.72. The zero-order chi connectivity index (χ0) is 12.6. The number of likely N-dealkylation sites (tertiary alicyclic amines) is 1. The molecule has 5 nitrogen and oxygen atoms in total. The molecular weight excluding hydrogens is 221 g/mol. The number of carbonyl (C=O) groups excluding carboxylic acids is 3. The molecule has 1 amide bonds. The molecule has 90 valence electrons. The fourth-order valence-electron chi connectivity index (χ4n) is 2.86. The highest BCUT2D eigenvalue weighted by molar-refractivity contribution is 6.57. The number of ketones is 1. The molecule has 0 spiro atoms. The van der Waals surface area contributed by atoms with Gasteiger partial charge in [0.05, 0.1) is 6.61 Å². The fraction of sp³-hybridized carbons (Fsp3) is 0.727. The van der Waals surface area contributed by atoms with Crippen LogP contribution in [-0.4, -0.2) is 49.5 Å². The molecule has 2 aliphatic rings. The molecule has 17 heavy (non-hydrogen) atoms. The van der Waals surface area contributed by atoms with Gasteiger partial charge in [0.25, 0.3) is 0 Å². The van der Waals surface area contributed by atoms with E-state index in [0.29, 0.717) is 12.8 Å². The number of esters is 1. The Hall–Kier alpha value is -1.33. The standard InChI is InChI=1S/C11H14BNO4/c1-2-17-10(15)9-6-3-4-8(14)7(6)5-13(9)11(12)16/h6-7,9H,2-5H2,1H3/t6-,7-,9-/m0/s1. The van der Waals surface area contributed by atoms with Gasteiger partial charge in [-0.25, -0.2) is 4.79 Å². The number of ether oxygens (including phenoxy) is 1. The van der Waals surface area contributed by atoms with Crippen LogP contribution < -0.4 is 0 Å². The second kappa shape index (κ2) is 4.51. The summed E-state index contributed by atoms with van der Waals surface area (Å²) in [5, 5.41) is 0. The van der Waals surface area contributed by atoms with Gasteiger partial charge in [0.1, 0.15) is 11.8 Å². The summed E-state index contributed by atoms with van der Waals surface area (Å²) in [5.41, 5.74) is 0. The number of hydrogen-bond acceptors (Lipinski definition) is 4. The third kappa shape index (κ3) is 1.96. The van der Waals surface area contributed by atoms with E-state index in [0.717, 1.165) is 0 Å². The predicted molar refractivity (Wildman–Crippen MR) is 59.5 cm³/mol. The third-order valence-corrected chi connectivity index (χ3v) is 3.60. The number of nitrogens with zero attached hydrogens (tertiary/aromatic N) is 1. The quantitative estimate of drug-likeness (QED) is 0.503. The molecule has 3 atom stereocenters. The van der Waals surface area contributed by atoms with Crippen molar-refractivity contribution in [2.75, 3.05) is 13.2 Å². The van der Waals surface area contributed by atoms with E-state index in [2.05, 4.69) is 0 Å². The van der Waals surface area contributed by atoms with Crippen LogP contribution in [0, 0.1) is 11.8 Å². The Kier molecular flexibility index (Phi) is 3.22. The van der Waals surface area contributed by atoms with Crippen LogP contribution in [0.3, 0.4) is 0 Å². The molecule has 0 aromatic carbocycles. The molecule has 2 radical (unpaired) electrons. The summed E-state index contributed by atoms with van der Waals surface area (Å²) < 4.78 is 4.95. The van der Waals surface area contributed by atoms with Crippen molar-refractivity contribution in [1.29, 1.82) is 0 Å². The van der Waals surface area contributed by atoms with Gasteiger partial charge in [-0.3, -0.25) is 9.59 Å². The molecule has 2 fully saturated rings. The molecular formula is C11H14BNO4. The maximum absolute atomic E-state index is 11.8. The lowest BCUT2D eigenvalue weighted by Gasteiger charge is -2.25. The van der Waals surface area contributed by atoms with Gasteiger partial charge < -0.3 is 9.64 Å². The van der Waals surface area contributed by atoms with E-state index < -0.39 is 17.8 Å². The summed E-state index contributed by atoms with van der Waals surface area (Å²) in [6.07, 6.45) is 1.12. The number of carbonyl (C=O) groups is 3. The summed E-state index contributed by atoms with van der Waals surface area (Å²) in [6, 6.07) is -0.677. The van der Waals surface area contributed by atoms with Crippen LogP contribution in [0.4, 0.5) is 4.79 Å². The first kappa shape index (κ1) is 12.1. The number of rotatable bonds is 2. The molecule has 1 heterocycles. The Balaban J connectivity index is 2.22. The van der Waals surface area contributed by atoms with Crippen LogP contribution >= 0.6 is 0 Å². The Morgan fingerprint density at radius 1 is 1.53 bits per heavy atom. The van der Waals surface area contributed by atoms with Gasteiger partial charge in [-0.05, 0) is 13.3 Å². The first-order chi connectivity index (χ1) is 8.06. The molecule has 0 N–H and O–H groups in total. The van der Waals surface area contributed by atoms with Gasteiger partial charge in [0, 0.05) is 24.8 Å².